The van der Waals surface area contributed by atoms with E-state index >= 15 is 0 Å². The van der Waals surface area contributed by atoms with Crippen molar-refractivity contribution in [2.24, 2.45) is 7.05 Å². The van der Waals surface area contributed by atoms with Gasteiger partial charge in [0, 0.05) is 44.4 Å². The number of sulfonamides is 1. The van der Waals surface area contributed by atoms with Gasteiger partial charge < -0.3 is 14.8 Å². The lowest BCUT2D eigenvalue weighted by Crippen LogP contribution is -2.38. The molecule has 4 rings (SSSR count). The fourth-order valence-corrected chi connectivity index (χ4v) is 4.55. The SMILES string of the molecule is CCS(=O)(=O)N1CCc2c(c(C(=O)NCc3ccc4c(c3)OCO4)nn2C)C1. The van der Waals surface area contributed by atoms with Gasteiger partial charge >= 0.3 is 0 Å². The molecule has 0 saturated heterocycles. The molecule has 2 aliphatic heterocycles. The zero-order chi connectivity index (χ0) is 19.9. The molecular formula is C18H22N4O5S. The number of ether oxygens (including phenoxy) is 2. The van der Waals surface area contributed by atoms with Gasteiger partial charge in [-0.3, -0.25) is 9.48 Å². The summed E-state index contributed by atoms with van der Waals surface area (Å²) in [4.78, 5) is 12.8. The summed E-state index contributed by atoms with van der Waals surface area (Å²) in [5.74, 6) is 1.05. The minimum atomic E-state index is -3.32. The van der Waals surface area contributed by atoms with Gasteiger partial charge in [-0.25, -0.2) is 8.42 Å². The molecule has 0 saturated carbocycles. The van der Waals surface area contributed by atoms with E-state index in [1.165, 1.54) is 4.31 Å². The molecule has 1 aromatic heterocycles. The first kappa shape index (κ1) is 18.8. The fourth-order valence-electron chi connectivity index (χ4n) is 3.49. The van der Waals surface area contributed by atoms with Gasteiger partial charge in [0.2, 0.25) is 16.8 Å². The first-order valence-corrected chi connectivity index (χ1v) is 10.7. The van der Waals surface area contributed by atoms with Gasteiger partial charge in [-0.15, -0.1) is 0 Å². The van der Waals surface area contributed by atoms with Crippen molar-refractivity contribution in [1.29, 1.82) is 0 Å². The van der Waals surface area contributed by atoms with E-state index in [0.717, 1.165) is 11.3 Å². The number of aromatic nitrogens is 2. The van der Waals surface area contributed by atoms with E-state index in [4.69, 9.17) is 9.47 Å². The van der Waals surface area contributed by atoms with Gasteiger partial charge in [-0.2, -0.15) is 9.40 Å². The predicted molar refractivity (Wildman–Crippen MR) is 101 cm³/mol. The van der Waals surface area contributed by atoms with Crippen molar-refractivity contribution in [3.05, 3.63) is 40.7 Å². The molecule has 0 radical (unpaired) electrons. The Balaban J connectivity index is 1.51. The van der Waals surface area contributed by atoms with Crippen molar-refractivity contribution < 1.29 is 22.7 Å². The Bertz CT molecular complexity index is 1030. The van der Waals surface area contributed by atoms with Crippen LogP contribution < -0.4 is 14.8 Å². The highest BCUT2D eigenvalue weighted by atomic mass is 32.2. The molecule has 0 atom stereocenters. The molecule has 2 aromatic rings. The third-order valence-corrected chi connectivity index (χ3v) is 6.90. The number of aryl methyl sites for hydroxylation is 1. The van der Waals surface area contributed by atoms with Crippen molar-refractivity contribution >= 4 is 15.9 Å². The Morgan fingerprint density at radius 3 is 2.86 bits per heavy atom. The van der Waals surface area contributed by atoms with Crippen LogP contribution >= 0.6 is 0 Å². The smallest absolute Gasteiger partial charge is 0.272 e. The molecule has 0 aliphatic carbocycles. The van der Waals surface area contributed by atoms with Crippen LogP contribution in [0.15, 0.2) is 18.2 Å². The average molecular weight is 406 g/mol. The Kier molecular flexibility index (Phi) is 4.76. The summed E-state index contributed by atoms with van der Waals surface area (Å²) in [6, 6.07) is 5.49. The number of fused-ring (bicyclic) bond motifs is 2. The van der Waals surface area contributed by atoms with Crippen LogP contribution in [-0.4, -0.2) is 47.5 Å². The molecule has 0 unspecified atom stereocenters. The predicted octanol–water partition coefficient (Wildman–Crippen LogP) is 0.787. The Morgan fingerprint density at radius 1 is 1.29 bits per heavy atom. The number of nitrogens with zero attached hydrogens (tertiary/aromatic N) is 3. The lowest BCUT2D eigenvalue weighted by molar-refractivity contribution is 0.0943. The van der Waals surface area contributed by atoms with Crippen molar-refractivity contribution in [3.63, 3.8) is 0 Å². The normalized spacial score (nSPS) is 16.1. The monoisotopic (exact) mass is 406 g/mol. The molecule has 150 valence electrons. The Hall–Kier alpha value is -2.59. The number of hydrogen-bond donors (Lipinski definition) is 1. The molecule has 0 fully saturated rings. The van der Waals surface area contributed by atoms with E-state index in [0.29, 0.717) is 36.6 Å². The first-order valence-electron chi connectivity index (χ1n) is 9.08. The van der Waals surface area contributed by atoms with Crippen LogP contribution in [-0.2, 0) is 36.6 Å². The van der Waals surface area contributed by atoms with Gasteiger partial charge in [0.15, 0.2) is 17.2 Å². The maximum absolute atomic E-state index is 12.8. The van der Waals surface area contributed by atoms with Gasteiger partial charge in [-0.05, 0) is 24.6 Å². The summed E-state index contributed by atoms with van der Waals surface area (Å²) >= 11 is 0. The summed E-state index contributed by atoms with van der Waals surface area (Å²) in [6.45, 7) is 2.69. The standard InChI is InChI=1S/C18H22N4O5S/c1-3-28(24,25)22-7-6-14-13(10-22)17(20-21(14)2)18(23)19-9-12-4-5-15-16(8-12)27-11-26-15/h4-5,8H,3,6-7,9-11H2,1-2H3,(H,19,23). The molecular weight excluding hydrogens is 384 g/mol. The second-order valence-electron chi connectivity index (χ2n) is 6.75. The summed E-state index contributed by atoms with van der Waals surface area (Å²) in [5.41, 5.74) is 2.72. The molecule has 10 heteroatoms. The highest BCUT2D eigenvalue weighted by molar-refractivity contribution is 7.89. The molecule has 0 spiro atoms. The first-order chi connectivity index (χ1) is 13.4. The topological polar surface area (TPSA) is 103 Å². The van der Waals surface area contributed by atoms with Crippen LogP contribution in [0.3, 0.4) is 0 Å². The molecule has 1 N–H and O–H groups in total. The van der Waals surface area contributed by atoms with Crippen LogP contribution in [0.4, 0.5) is 0 Å². The number of nitrogens with one attached hydrogen (secondary N) is 1. The average Bonchev–Trinajstić information content (AvgIpc) is 3.30. The van der Waals surface area contributed by atoms with E-state index in [2.05, 4.69) is 10.4 Å². The molecule has 1 amide bonds. The number of benzene rings is 1. The van der Waals surface area contributed by atoms with E-state index in [1.54, 1.807) is 24.7 Å². The van der Waals surface area contributed by atoms with Gasteiger partial charge in [0.25, 0.3) is 5.91 Å². The van der Waals surface area contributed by atoms with Gasteiger partial charge in [0.05, 0.1) is 5.75 Å². The minimum Gasteiger partial charge on any atom is -0.454 e. The van der Waals surface area contributed by atoms with Crippen molar-refractivity contribution in [1.82, 2.24) is 19.4 Å². The van der Waals surface area contributed by atoms with E-state index in [-0.39, 0.29) is 30.7 Å². The minimum absolute atomic E-state index is 0.0360. The number of carbonyl (C=O) groups excluding carboxylic acids is 1. The van der Waals surface area contributed by atoms with Crippen LogP contribution in [0, 0.1) is 0 Å². The highest BCUT2D eigenvalue weighted by Crippen LogP contribution is 2.32. The van der Waals surface area contributed by atoms with Crippen LogP contribution in [0.25, 0.3) is 0 Å². The summed E-state index contributed by atoms with van der Waals surface area (Å²) in [7, 11) is -1.54. The summed E-state index contributed by atoms with van der Waals surface area (Å²) < 4.78 is 38.2. The largest absolute Gasteiger partial charge is 0.454 e. The van der Waals surface area contributed by atoms with Crippen LogP contribution in [0.1, 0.15) is 34.2 Å². The third kappa shape index (κ3) is 3.33. The van der Waals surface area contributed by atoms with Crippen LogP contribution in [0.2, 0.25) is 0 Å². The molecule has 1 aromatic carbocycles. The van der Waals surface area contributed by atoms with Crippen molar-refractivity contribution in [2.75, 3.05) is 19.1 Å². The van der Waals surface area contributed by atoms with Gasteiger partial charge in [0.1, 0.15) is 0 Å². The second kappa shape index (κ2) is 7.10. The molecule has 2 aliphatic rings. The van der Waals surface area contributed by atoms with E-state index in [9.17, 15) is 13.2 Å². The summed E-state index contributed by atoms with van der Waals surface area (Å²) in [5, 5.41) is 7.20. The quantitative estimate of drug-likeness (QED) is 0.787. The Labute approximate surface area is 163 Å². The number of amides is 1. The lowest BCUT2D eigenvalue weighted by Gasteiger charge is -2.26. The maximum atomic E-state index is 12.8. The summed E-state index contributed by atoms with van der Waals surface area (Å²) in [6.07, 6.45) is 0.535. The highest BCUT2D eigenvalue weighted by Gasteiger charge is 2.31. The number of rotatable bonds is 5. The molecule has 9 nitrogen and oxygen atoms in total. The number of hydrogen-bond acceptors (Lipinski definition) is 6. The zero-order valence-electron chi connectivity index (χ0n) is 15.8. The second-order valence-corrected chi connectivity index (χ2v) is 9.01. The zero-order valence-corrected chi connectivity index (χ0v) is 16.6. The van der Waals surface area contributed by atoms with Gasteiger partial charge in [-0.1, -0.05) is 6.07 Å². The van der Waals surface area contributed by atoms with E-state index in [1.807, 2.05) is 12.1 Å². The van der Waals surface area contributed by atoms with E-state index < -0.39 is 10.0 Å². The number of carbonyl (C=O) groups is 1. The van der Waals surface area contributed by atoms with Crippen LogP contribution in [0.5, 0.6) is 11.5 Å². The molecule has 0 bridgehead atoms. The third-order valence-electron chi connectivity index (χ3n) is 5.07. The lowest BCUT2D eigenvalue weighted by atomic mass is 10.1. The maximum Gasteiger partial charge on any atom is 0.272 e. The Morgan fingerprint density at radius 2 is 2.07 bits per heavy atom. The molecule has 28 heavy (non-hydrogen) atoms. The molecule has 3 heterocycles. The van der Waals surface area contributed by atoms with Crippen molar-refractivity contribution in [3.8, 4) is 11.5 Å². The van der Waals surface area contributed by atoms with Crippen molar-refractivity contribution in [2.45, 2.75) is 26.4 Å². The fraction of sp³-hybridized carbons (Fsp3) is 0.444.